The van der Waals surface area contributed by atoms with E-state index in [1.807, 2.05) is 0 Å². The predicted molar refractivity (Wildman–Crippen MR) is 80.3 cm³/mol. The second-order valence-electron chi connectivity index (χ2n) is 5.62. The van der Waals surface area contributed by atoms with Crippen molar-refractivity contribution in [1.29, 1.82) is 0 Å². The quantitative estimate of drug-likeness (QED) is 0.899. The highest BCUT2D eigenvalue weighted by Crippen LogP contribution is 2.24. The Bertz CT molecular complexity index is 383. The first-order chi connectivity index (χ1) is 9.18. The summed E-state index contributed by atoms with van der Waals surface area (Å²) in [6.07, 6.45) is 5.84. The molecule has 3 nitrogen and oxygen atoms in total. The van der Waals surface area contributed by atoms with Gasteiger partial charge in [-0.3, -0.25) is 4.79 Å². The van der Waals surface area contributed by atoms with Gasteiger partial charge in [0.2, 0.25) is 5.91 Å². The van der Waals surface area contributed by atoms with E-state index in [-0.39, 0.29) is 17.9 Å². The molecule has 0 aromatic carbocycles. The molecule has 1 saturated carbocycles. The van der Waals surface area contributed by atoms with Crippen LogP contribution in [0.4, 0.5) is 0 Å². The first-order valence-corrected chi connectivity index (χ1v) is 8.09. The summed E-state index contributed by atoms with van der Waals surface area (Å²) >= 11 is 1.71. The SMILES string of the molecule is CN(C)[C@H](CNC(=O)C1CCCCC1)c1ccsc1. The molecule has 1 fully saturated rings. The molecule has 0 aliphatic heterocycles. The zero-order chi connectivity index (χ0) is 13.7. The molecule has 4 heteroatoms. The van der Waals surface area contributed by atoms with Crippen LogP contribution in [0.3, 0.4) is 0 Å². The molecule has 1 aromatic rings. The normalized spacial score (nSPS) is 18.5. The Balaban J connectivity index is 1.86. The van der Waals surface area contributed by atoms with E-state index in [1.54, 1.807) is 11.3 Å². The van der Waals surface area contributed by atoms with Crippen LogP contribution in [-0.4, -0.2) is 31.4 Å². The van der Waals surface area contributed by atoms with Gasteiger partial charge in [0.25, 0.3) is 0 Å². The zero-order valence-electron chi connectivity index (χ0n) is 11.9. The van der Waals surface area contributed by atoms with E-state index in [1.165, 1.54) is 24.8 Å². The van der Waals surface area contributed by atoms with E-state index in [9.17, 15) is 4.79 Å². The summed E-state index contributed by atoms with van der Waals surface area (Å²) in [4.78, 5) is 14.3. The lowest BCUT2D eigenvalue weighted by Crippen LogP contribution is -2.38. The lowest BCUT2D eigenvalue weighted by Gasteiger charge is -2.26. The number of carbonyl (C=O) groups excluding carboxylic acids is 1. The maximum absolute atomic E-state index is 12.2. The Morgan fingerprint density at radius 3 is 2.74 bits per heavy atom. The minimum atomic E-state index is 0.249. The van der Waals surface area contributed by atoms with Gasteiger partial charge in [-0.15, -0.1) is 0 Å². The maximum Gasteiger partial charge on any atom is 0.223 e. The summed E-state index contributed by atoms with van der Waals surface area (Å²) in [5.74, 6) is 0.501. The van der Waals surface area contributed by atoms with Gasteiger partial charge in [-0.05, 0) is 49.3 Å². The van der Waals surface area contributed by atoms with Crippen LogP contribution >= 0.6 is 11.3 Å². The molecule has 0 bridgehead atoms. The Morgan fingerprint density at radius 1 is 1.42 bits per heavy atom. The van der Waals surface area contributed by atoms with Gasteiger partial charge in [-0.25, -0.2) is 0 Å². The number of nitrogens with zero attached hydrogens (tertiary/aromatic N) is 1. The first-order valence-electron chi connectivity index (χ1n) is 7.14. The largest absolute Gasteiger partial charge is 0.354 e. The van der Waals surface area contributed by atoms with Crippen LogP contribution in [0.5, 0.6) is 0 Å². The molecule has 0 saturated heterocycles. The van der Waals surface area contributed by atoms with E-state index < -0.39 is 0 Å². The highest BCUT2D eigenvalue weighted by Gasteiger charge is 2.22. The summed E-state index contributed by atoms with van der Waals surface area (Å²) in [6, 6.07) is 2.42. The van der Waals surface area contributed by atoms with Gasteiger partial charge in [0, 0.05) is 12.5 Å². The van der Waals surface area contributed by atoms with Crippen molar-refractivity contribution in [3.05, 3.63) is 22.4 Å². The van der Waals surface area contributed by atoms with Crippen molar-refractivity contribution in [2.24, 2.45) is 5.92 Å². The highest BCUT2D eigenvalue weighted by molar-refractivity contribution is 7.07. The second kappa shape index (κ2) is 7.06. The molecule has 106 valence electrons. The van der Waals surface area contributed by atoms with Gasteiger partial charge in [0.05, 0.1) is 6.04 Å². The zero-order valence-corrected chi connectivity index (χ0v) is 12.7. The van der Waals surface area contributed by atoms with E-state index in [4.69, 9.17) is 0 Å². The van der Waals surface area contributed by atoms with Gasteiger partial charge < -0.3 is 10.2 Å². The van der Waals surface area contributed by atoms with Crippen molar-refractivity contribution in [3.63, 3.8) is 0 Å². The van der Waals surface area contributed by atoms with Crippen molar-refractivity contribution in [1.82, 2.24) is 10.2 Å². The average molecular weight is 280 g/mol. The lowest BCUT2D eigenvalue weighted by molar-refractivity contribution is -0.126. The molecule has 2 rings (SSSR count). The molecule has 1 amide bonds. The Kier molecular flexibility index (Phi) is 5.40. The Labute approximate surface area is 120 Å². The fourth-order valence-corrected chi connectivity index (χ4v) is 3.48. The van der Waals surface area contributed by atoms with Crippen LogP contribution in [-0.2, 0) is 4.79 Å². The summed E-state index contributed by atoms with van der Waals surface area (Å²) < 4.78 is 0. The summed E-state index contributed by atoms with van der Waals surface area (Å²) in [5, 5.41) is 7.40. The number of carbonyl (C=O) groups is 1. The molecule has 1 aliphatic carbocycles. The number of thiophene rings is 1. The molecule has 19 heavy (non-hydrogen) atoms. The van der Waals surface area contributed by atoms with E-state index in [0.717, 1.165) is 12.8 Å². The topological polar surface area (TPSA) is 32.3 Å². The molecular weight excluding hydrogens is 256 g/mol. The summed E-state index contributed by atoms with van der Waals surface area (Å²) in [7, 11) is 4.13. The summed E-state index contributed by atoms with van der Waals surface area (Å²) in [5.41, 5.74) is 1.29. The van der Waals surface area contributed by atoms with Crippen molar-refractivity contribution >= 4 is 17.2 Å². The monoisotopic (exact) mass is 280 g/mol. The first kappa shape index (κ1) is 14.5. The molecule has 0 radical (unpaired) electrons. The third-order valence-corrected chi connectivity index (χ3v) is 4.70. The minimum absolute atomic E-state index is 0.249. The fraction of sp³-hybridized carbons (Fsp3) is 0.667. The van der Waals surface area contributed by atoms with Gasteiger partial charge in [0.15, 0.2) is 0 Å². The number of hydrogen-bond donors (Lipinski definition) is 1. The van der Waals surface area contributed by atoms with Crippen LogP contribution in [0.15, 0.2) is 16.8 Å². The van der Waals surface area contributed by atoms with Crippen LogP contribution in [0.2, 0.25) is 0 Å². The van der Waals surface area contributed by atoms with Gasteiger partial charge in [-0.2, -0.15) is 11.3 Å². The Morgan fingerprint density at radius 2 is 2.16 bits per heavy atom. The highest BCUT2D eigenvalue weighted by atomic mass is 32.1. The summed E-state index contributed by atoms with van der Waals surface area (Å²) in [6.45, 7) is 0.707. The second-order valence-corrected chi connectivity index (χ2v) is 6.40. The van der Waals surface area contributed by atoms with Crippen LogP contribution in [0, 0.1) is 5.92 Å². The third kappa shape index (κ3) is 4.05. The van der Waals surface area contributed by atoms with Crippen molar-refractivity contribution in [3.8, 4) is 0 Å². The van der Waals surface area contributed by atoms with Gasteiger partial charge in [0.1, 0.15) is 0 Å². The molecule has 0 unspecified atom stereocenters. The van der Waals surface area contributed by atoms with Gasteiger partial charge >= 0.3 is 0 Å². The molecule has 1 atom stereocenters. The van der Waals surface area contributed by atoms with Crippen LogP contribution in [0.1, 0.15) is 43.7 Å². The standard InChI is InChI=1S/C15H24N2OS/c1-17(2)14(13-8-9-19-11-13)10-16-15(18)12-6-4-3-5-7-12/h8-9,11-12,14H,3-7,10H2,1-2H3,(H,16,18)/t14-/m1/s1. The molecule has 1 aromatic heterocycles. The molecule has 1 heterocycles. The van der Waals surface area contributed by atoms with E-state index >= 15 is 0 Å². The van der Waals surface area contributed by atoms with Crippen molar-refractivity contribution < 1.29 is 4.79 Å². The van der Waals surface area contributed by atoms with E-state index in [0.29, 0.717) is 6.54 Å². The molecular formula is C15H24N2OS. The minimum Gasteiger partial charge on any atom is -0.354 e. The molecule has 0 spiro atoms. The fourth-order valence-electron chi connectivity index (χ4n) is 2.77. The molecule has 1 aliphatic rings. The number of nitrogens with one attached hydrogen (secondary N) is 1. The lowest BCUT2D eigenvalue weighted by atomic mass is 9.88. The number of amides is 1. The van der Waals surface area contributed by atoms with Crippen LogP contribution in [0.25, 0.3) is 0 Å². The average Bonchev–Trinajstić information content (AvgIpc) is 2.93. The Hall–Kier alpha value is -0.870. The number of hydrogen-bond acceptors (Lipinski definition) is 3. The van der Waals surface area contributed by atoms with E-state index in [2.05, 4.69) is 41.1 Å². The maximum atomic E-state index is 12.2. The third-order valence-electron chi connectivity index (χ3n) is 4.00. The van der Waals surface area contributed by atoms with Gasteiger partial charge in [-0.1, -0.05) is 19.3 Å². The predicted octanol–water partition coefficient (Wildman–Crippen LogP) is 3.05. The van der Waals surface area contributed by atoms with Crippen molar-refractivity contribution in [2.75, 3.05) is 20.6 Å². The van der Waals surface area contributed by atoms with Crippen LogP contribution < -0.4 is 5.32 Å². The van der Waals surface area contributed by atoms with Crippen molar-refractivity contribution in [2.45, 2.75) is 38.1 Å². The number of likely N-dealkylation sites (N-methyl/N-ethyl adjacent to an activating group) is 1. The molecule has 1 N–H and O–H groups in total. The smallest absolute Gasteiger partial charge is 0.223 e. The number of rotatable bonds is 5.